The molecular weight excluding hydrogens is 236 g/mol. The van der Waals surface area contributed by atoms with Gasteiger partial charge in [-0.1, -0.05) is 6.58 Å². The average molecular weight is 252 g/mol. The fourth-order valence-electron chi connectivity index (χ4n) is 0.663. The highest BCUT2D eigenvalue weighted by Crippen LogP contribution is 1.92. The van der Waals surface area contributed by atoms with Crippen LogP contribution in [0.2, 0.25) is 0 Å². The molecule has 0 aromatic rings. The van der Waals surface area contributed by atoms with Crippen LogP contribution in [0.1, 0.15) is 6.92 Å². The zero-order valence-corrected chi connectivity index (χ0v) is 10.2. The van der Waals surface area contributed by atoms with Crippen molar-refractivity contribution >= 4 is 16.1 Å². The van der Waals surface area contributed by atoms with E-state index in [1.807, 2.05) is 0 Å². The summed E-state index contributed by atoms with van der Waals surface area (Å²) in [5, 5.41) is 0. The number of hydrogen-bond acceptors (Lipinski definition) is 6. The molecule has 6 nitrogen and oxygen atoms in total. The third-order valence-electron chi connectivity index (χ3n) is 1.33. The van der Waals surface area contributed by atoms with Crippen molar-refractivity contribution in [2.24, 2.45) is 0 Å². The maximum absolute atomic E-state index is 10.9. The van der Waals surface area contributed by atoms with Crippen molar-refractivity contribution in [1.82, 2.24) is 0 Å². The first-order valence-electron chi connectivity index (χ1n) is 4.57. The van der Waals surface area contributed by atoms with Gasteiger partial charge in [0.25, 0.3) is 10.1 Å². The van der Waals surface area contributed by atoms with Gasteiger partial charge in [-0.3, -0.25) is 4.18 Å². The molecule has 0 amide bonds. The molecule has 0 saturated carbocycles. The molecule has 0 aromatic carbocycles. The van der Waals surface area contributed by atoms with Gasteiger partial charge in [-0.05, 0) is 6.92 Å². The molecule has 0 fully saturated rings. The van der Waals surface area contributed by atoms with Crippen LogP contribution < -0.4 is 0 Å². The Bertz CT molecular complexity index is 332. The molecule has 0 aliphatic rings. The van der Waals surface area contributed by atoms with E-state index in [1.165, 1.54) is 0 Å². The predicted molar refractivity (Wildman–Crippen MR) is 57.4 cm³/mol. The van der Waals surface area contributed by atoms with Gasteiger partial charge in [0.2, 0.25) is 0 Å². The highest BCUT2D eigenvalue weighted by molar-refractivity contribution is 7.85. The third-order valence-corrected chi connectivity index (χ3v) is 1.93. The molecule has 0 unspecified atom stereocenters. The van der Waals surface area contributed by atoms with E-state index in [2.05, 4.69) is 10.8 Å². The number of esters is 1. The molecule has 0 N–H and O–H groups in total. The molecule has 16 heavy (non-hydrogen) atoms. The summed E-state index contributed by atoms with van der Waals surface area (Å²) >= 11 is 0. The van der Waals surface area contributed by atoms with E-state index in [-0.39, 0.29) is 26.4 Å². The van der Waals surface area contributed by atoms with Crippen LogP contribution in [0, 0.1) is 0 Å². The van der Waals surface area contributed by atoms with Crippen LogP contribution in [-0.4, -0.2) is 47.1 Å². The van der Waals surface area contributed by atoms with Crippen molar-refractivity contribution in [3.63, 3.8) is 0 Å². The molecule has 7 heteroatoms. The molecule has 0 aromatic heterocycles. The lowest BCUT2D eigenvalue weighted by Gasteiger charge is -2.05. The average Bonchev–Trinajstić information content (AvgIpc) is 2.14. The summed E-state index contributed by atoms with van der Waals surface area (Å²) in [7, 11) is -3.42. The van der Waals surface area contributed by atoms with Crippen LogP contribution in [0.3, 0.4) is 0 Å². The monoisotopic (exact) mass is 252 g/mol. The van der Waals surface area contributed by atoms with Gasteiger partial charge < -0.3 is 9.47 Å². The minimum atomic E-state index is -3.42. The molecule has 0 spiro atoms. The standard InChI is InChI=1S/C9H16O6S/c1-8(2)9(10)14-6-4-13-5-7-15-16(3,11)12/h1,4-7H2,2-3H3. The van der Waals surface area contributed by atoms with Gasteiger partial charge in [0.1, 0.15) is 6.61 Å². The molecule has 0 saturated heterocycles. The van der Waals surface area contributed by atoms with E-state index < -0.39 is 16.1 Å². The summed E-state index contributed by atoms with van der Waals surface area (Å²) in [6.07, 6.45) is 0.960. The summed E-state index contributed by atoms with van der Waals surface area (Å²) < 4.78 is 35.2. The van der Waals surface area contributed by atoms with Crippen molar-refractivity contribution in [1.29, 1.82) is 0 Å². The molecule has 0 radical (unpaired) electrons. The van der Waals surface area contributed by atoms with Gasteiger partial charge in [0.15, 0.2) is 0 Å². The molecular formula is C9H16O6S. The topological polar surface area (TPSA) is 78.9 Å². The molecule has 0 atom stereocenters. The first-order chi connectivity index (χ1) is 7.33. The fourth-order valence-corrected chi connectivity index (χ4v) is 1.03. The van der Waals surface area contributed by atoms with Gasteiger partial charge in [-0.25, -0.2) is 4.79 Å². The second kappa shape index (κ2) is 7.37. The van der Waals surface area contributed by atoms with Gasteiger partial charge in [0, 0.05) is 5.57 Å². The summed E-state index contributed by atoms with van der Waals surface area (Å²) in [5.41, 5.74) is 0.320. The van der Waals surface area contributed by atoms with E-state index in [0.29, 0.717) is 5.57 Å². The Morgan fingerprint density at radius 1 is 1.19 bits per heavy atom. The zero-order valence-electron chi connectivity index (χ0n) is 9.39. The van der Waals surface area contributed by atoms with Crippen LogP contribution >= 0.6 is 0 Å². The Labute approximate surface area is 95.3 Å². The van der Waals surface area contributed by atoms with E-state index in [4.69, 9.17) is 9.47 Å². The minimum absolute atomic E-state index is 0.0483. The van der Waals surface area contributed by atoms with E-state index in [0.717, 1.165) is 6.26 Å². The van der Waals surface area contributed by atoms with Crippen LogP contribution in [0.5, 0.6) is 0 Å². The Hall–Kier alpha value is -0.920. The summed E-state index contributed by atoms with van der Waals surface area (Å²) in [6, 6.07) is 0. The van der Waals surface area contributed by atoms with E-state index in [1.54, 1.807) is 6.92 Å². The van der Waals surface area contributed by atoms with Crippen LogP contribution in [0.25, 0.3) is 0 Å². The lowest BCUT2D eigenvalue weighted by atomic mass is 10.4. The van der Waals surface area contributed by atoms with Crippen LogP contribution in [0.15, 0.2) is 12.2 Å². The molecule has 94 valence electrons. The first kappa shape index (κ1) is 15.1. The van der Waals surface area contributed by atoms with E-state index in [9.17, 15) is 13.2 Å². The highest BCUT2D eigenvalue weighted by atomic mass is 32.2. The molecule has 0 bridgehead atoms. The molecule has 0 aliphatic carbocycles. The molecule has 0 heterocycles. The van der Waals surface area contributed by atoms with Crippen molar-refractivity contribution in [3.8, 4) is 0 Å². The van der Waals surface area contributed by atoms with Crippen molar-refractivity contribution in [3.05, 3.63) is 12.2 Å². The SMILES string of the molecule is C=C(C)C(=O)OCCOCCOS(C)(=O)=O. The fraction of sp³-hybridized carbons (Fsp3) is 0.667. The number of carbonyl (C=O) groups is 1. The number of ether oxygens (including phenoxy) is 2. The van der Waals surface area contributed by atoms with Gasteiger partial charge >= 0.3 is 5.97 Å². The van der Waals surface area contributed by atoms with E-state index >= 15 is 0 Å². The van der Waals surface area contributed by atoms with Crippen molar-refractivity contribution in [2.75, 3.05) is 32.7 Å². The third kappa shape index (κ3) is 9.63. The second-order valence-electron chi connectivity index (χ2n) is 3.05. The second-order valence-corrected chi connectivity index (χ2v) is 4.70. The lowest BCUT2D eigenvalue weighted by molar-refractivity contribution is -0.140. The zero-order chi connectivity index (χ0) is 12.6. The summed E-state index contributed by atoms with van der Waals surface area (Å²) in [6.45, 7) is 5.32. The lowest BCUT2D eigenvalue weighted by Crippen LogP contribution is -2.14. The van der Waals surface area contributed by atoms with Crippen molar-refractivity contribution < 1.29 is 26.9 Å². The quantitative estimate of drug-likeness (QED) is 0.264. The Kier molecular flexibility index (Phi) is 6.95. The maximum atomic E-state index is 10.9. The Morgan fingerprint density at radius 3 is 2.25 bits per heavy atom. The van der Waals surface area contributed by atoms with Crippen LogP contribution in [-0.2, 0) is 28.6 Å². The molecule has 0 aliphatic heterocycles. The minimum Gasteiger partial charge on any atom is -0.460 e. The predicted octanol–water partition coefficient (Wildman–Crippen LogP) is 0.0985. The molecule has 0 rings (SSSR count). The number of hydrogen-bond donors (Lipinski definition) is 0. The number of rotatable bonds is 8. The largest absolute Gasteiger partial charge is 0.460 e. The maximum Gasteiger partial charge on any atom is 0.333 e. The highest BCUT2D eigenvalue weighted by Gasteiger charge is 2.03. The summed E-state index contributed by atoms with van der Waals surface area (Å²) in [4.78, 5) is 10.9. The Balaban J connectivity index is 3.35. The smallest absolute Gasteiger partial charge is 0.333 e. The normalized spacial score (nSPS) is 11.1. The van der Waals surface area contributed by atoms with Crippen LogP contribution in [0.4, 0.5) is 0 Å². The van der Waals surface area contributed by atoms with Gasteiger partial charge in [-0.2, -0.15) is 8.42 Å². The number of carbonyl (C=O) groups excluding carboxylic acids is 1. The van der Waals surface area contributed by atoms with Crippen molar-refractivity contribution in [2.45, 2.75) is 6.92 Å². The van der Waals surface area contributed by atoms with Gasteiger partial charge in [-0.15, -0.1) is 0 Å². The Morgan fingerprint density at radius 2 is 1.75 bits per heavy atom. The summed E-state index contributed by atoms with van der Waals surface area (Å²) in [5.74, 6) is -0.476. The first-order valence-corrected chi connectivity index (χ1v) is 6.39. The van der Waals surface area contributed by atoms with Gasteiger partial charge in [0.05, 0.1) is 26.1 Å².